The van der Waals surface area contributed by atoms with Gasteiger partial charge in [-0.3, -0.25) is 14.5 Å². The quantitative estimate of drug-likeness (QED) is 0.530. The third-order valence-corrected chi connectivity index (χ3v) is 6.27. The van der Waals surface area contributed by atoms with Crippen LogP contribution in [0.5, 0.6) is 0 Å². The van der Waals surface area contributed by atoms with Crippen LogP contribution in [-0.4, -0.2) is 85.6 Å². The summed E-state index contributed by atoms with van der Waals surface area (Å²) < 4.78 is 17.2. The van der Waals surface area contributed by atoms with Crippen molar-refractivity contribution in [2.45, 2.75) is 51.4 Å². The molecule has 1 aliphatic carbocycles. The molecule has 8 heteroatoms. The number of methoxy groups -OCH3 is 1. The normalized spacial score (nSPS) is 23.1. The van der Waals surface area contributed by atoms with Crippen molar-refractivity contribution >= 4 is 11.8 Å². The summed E-state index contributed by atoms with van der Waals surface area (Å²) >= 11 is 0. The summed E-state index contributed by atoms with van der Waals surface area (Å²) in [7, 11) is 1.64. The van der Waals surface area contributed by atoms with Gasteiger partial charge in [0.1, 0.15) is 18.1 Å². The maximum atomic E-state index is 13.0. The molecule has 8 nitrogen and oxygen atoms in total. The van der Waals surface area contributed by atoms with Crippen LogP contribution in [0.1, 0.15) is 43.6 Å². The maximum absolute atomic E-state index is 13.0. The van der Waals surface area contributed by atoms with E-state index in [0.29, 0.717) is 51.7 Å². The molecular weight excluding hydrogens is 398 g/mol. The first kappa shape index (κ1) is 22.3. The van der Waals surface area contributed by atoms with Gasteiger partial charge in [-0.05, 0) is 43.7 Å². The van der Waals surface area contributed by atoms with Crippen molar-refractivity contribution in [1.29, 1.82) is 0 Å². The molecule has 1 saturated carbocycles. The van der Waals surface area contributed by atoms with E-state index in [1.54, 1.807) is 7.11 Å². The summed E-state index contributed by atoms with van der Waals surface area (Å²) in [6.45, 7) is 5.72. The van der Waals surface area contributed by atoms with Crippen molar-refractivity contribution in [1.82, 2.24) is 14.7 Å². The van der Waals surface area contributed by atoms with Crippen LogP contribution in [0.3, 0.4) is 0 Å². The van der Waals surface area contributed by atoms with E-state index in [4.69, 9.17) is 13.9 Å². The average molecular weight is 434 g/mol. The lowest BCUT2D eigenvalue weighted by Gasteiger charge is -2.25. The molecule has 0 aromatic carbocycles. The number of likely N-dealkylation sites (tertiary alicyclic amines) is 1. The second-order valence-electron chi connectivity index (χ2n) is 9.05. The topological polar surface area (TPSA) is 75.5 Å². The molecule has 1 unspecified atom stereocenters. The zero-order chi connectivity index (χ0) is 21.6. The van der Waals surface area contributed by atoms with Crippen LogP contribution in [0.25, 0.3) is 0 Å². The van der Waals surface area contributed by atoms with Gasteiger partial charge in [-0.1, -0.05) is 0 Å². The zero-order valence-electron chi connectivity index (χ0n) is 18.6. The fraction of sp³-hybridized carbons (Fsp3) is 0.739. The minimum absolute atomic E-state index is 0.00567. The smallest absolute Gasteiger partial charge is 0.236 e. The Kier molecular flexibility index (Phi) is 7.63. The van der Waals surface area contributed by atoms with E-state index < -0.39 is 0 Å². The third kappa shape index (κ3) is 6.54. The van der Waals surface area contributed by atoms with E-state index in [2.05, 4.69) is 4.90 Å². The average Bonchev–Trinajstić information content (AvgIpc) is 3.37. The molecule has 1 atom stereocenters. The third-order valence-electron chi connectivity index (χ3n) is 6.27. The molecule has 2 saturated heterocycles. The van der Waals surface area contributed by atoms with E-state index in [9.17, 15) is 9.59 Å². The Balaban J connectivity index is 1.34. The van der Waals surface area contributed by atoms with E-state index >= 15 is 0 Å². The SMILES string of the molecule is COCc1ccc(CN2CC(=O)N(CCCN3CCCC3=O)CC(OCC3CC3)C2)o1. The van der Waals surface area contributed by atoms with Crippen LogP contribution in [-0.2, 0) is 32.2 Å². The van der Waals surface area contributed by atoms with Crippen molar-refractivity contribution < 1.29 is 23.5 Å². The molecule has 4 rings (SSSR count). The first-order valence-corrected chi connectivity index (χ1v) is 11.6. The number of carbonyl (C=O) groups is 2. The monoisotopic (exact) mass is 433 g/mol. The standard InChI is InChI=1S/C23H35N3O5/c1-29-17-20-8-7-19(31-20)12-24-13-21(30-16-18-5-6-18)14-26(23(28)15-24)11-3-10-25-9-2-4-22(25)27/h7-8,18,21H,2-6,9-17H2,1H3. The van der Waals surface area contributed by atoms with Crippen LogP contribution in [0.2, 0.25) is 0 Å². The summed E-state index contributed by atoms with van der Waals surface area (Å²) in [6.07, 6.45) is 4.91. The van der Waals surface area contributed by atoms with E-state index in [0.717, 1.165) is 44.1 Å². The molecule has 1 aromatic heterocycles. The Morgan fingerprint density at radius 2 is 1.87 bits per heavy atom. The molecule has 1 aromatic rings. The fourth-order valence-corrected chi connectivity index (χ4v) is 4.39. The number of amides is 2. The van der Waals surface area contributed by atoms with Gasteiger partial charge < -0.3 is 23.7 Å². The molecule has 0 radical (unpaired) electrons. The summed E-state index contributed by atoms with van der Waals surface area (Å²) in [5.41, 5.74) is 0. The predicted octanol–water partition coefficient (Wildman–Crippen LogP) is 1.88. The van der Waals surface area contributed by atoms with Gasteiger partial charge in [-0.2, -0.15) is 0 Å². The van der Waals surface area contributed by atoms with Gasteiger partial charge in [0.15, 0.2) is 0 Å². The number of furan rings is 1. The van der Waals surface area contributed by atoms with Crippen molar-refractivity contribution in [2.75, 3.05) is 53.0 Å². The van der Waals surface area contributed by atoms with Gasteiger partial charge >= 0.3 is 0 Å². The van der Waals surface area contributed by atoms with Crippen LogP contribution in [0.15, 0.2) is 16.5 Å². The Bertz CT molecular complexity index is 747. The van der Waals surface area contributed by atoms with E-state index in [-0.39, 0.29) is 17.9 Å². The highest BCUT2D eigenvalue weighted by Crippen LogP contribution is 2.29. The second-order valence-corrected chi connectivity index (χ2v) is 9.05. The van der Waals surface area contributed by atoms with Gasteiger partial charge in [0, 0.05) is 52.9 Å². The summed E-state index contributed by atoms with van der Waals surface area (Å²) in [5, 5.41) is 0. The van der Waals surface area contributed by atoms with E-state index in [1.165, 1.54) is 12.8 Å². The van der Waals surface area contributed by atoms with Gasteiger partial charge in [0.05, 0.1) is 19.2 Å². The molecule has 0 spiro atoms. The second kappa shape index (κ2) is 10.6. The number of hydrogen-bond donors (Lipinski definition) is 0. The van der Waals surface area contributed by atoms with Crippen LogP contribution in [0, 0.1) is 5.92 Å². The largest absolute Gasteiger partial charge is 0.462 e. The predicted molar refractivity (Wildman–Crippen MR) is 114 cm³/mol. The fourth-order valence-electron chi connectivity index (χ4n) is 4.39. The number of hydrogen-bond acceptors (Lipinski definition) is 6. The van der Waals surface area contributed by atoms with Gasteiger partial charge in [0.2, 0.25) is 11.8 Å². The van der Waals surface area contributed by atoms with Gasteiger partial charge in [-0.15, -0.1) is 0 Å². The lowest BCUT2D eigenvalue weighted by atomic mass is 10.2. The van der Waals surface area contributed by atoms with Crippen molar-refractivity contribution in [2.24, 2.45) is 5.92 Å². The minimum atomic E-state index is -0.00567. The molecular formula is C23H35N3O5. The van der Waals surface area contributed by atoms with Crippen molar-refractivity contribution in [3.63, 3.8) is 0 Å². The summed E-state index contributed by atoms with van der Waals surface area (Å²) in [5.74, 6) is 2.67. The highest BCUT2D eigenvalue weighted by Gasteiger charge is 2.31. The zero-order valence-corrected chi connectivity index (χ0v) is 18.6. The maximum Gasteiger partial charge on any atom is 0.236 e. The Morgan fingerprint density at radius 1 is 1.06 bits per heavy atom. The lowest BCUT2D eigenvalue weighted by Crippen LogP contribution is -2.40. The summed E-state index contributed by atoms with van der Waals surface area (Å²) in [6, 6.07) is 3.88. The molecule has 0 N–H and O–H groups in total. The first-order chi connectivity index (χ1) is 15.1. The highest BCUT2D eigenvalue weighted by molar-refractivity contribution is 5.79. The molecule has 3 heterocycles. The Hall–Kier alpha value is -1.90. The van der Waals surface area contributed by atoms with Crippen molar-refractivity contribution in [3.05, 3.63) is 23.7 Å². The molecule has 3 fully saturated rings. The molecule has 31 heavy (non-hydrogen) atoms. The van der Waals surface area contributed by atoms with Crippen LogP contribution < -0.4 is 0 Å². The molecule has 3 aliphatic rings. The number of carbonyl (C=O) groups excluding carboxylic acids is 2. The van der Waals surface area contributed by atoms with Gasteiger partial charge in [-0.25, -0.2) is 0 Å². The Morgan fingerprint density at radius 3 is 2.61 bits per heavy atom. The number of ether oxygens (including phenoxy) is 2. The summed E-state index contributed by atoms with van der Waals surface area (Å²) in [4.78, 5) is 30.8. The molecule has 2 aliphatic heterocycles. The first-order valence-electron chi connectivity index (χ1n) is 11.6. The number of nitrogens with zero attached hydrogens (tertiary/aromatic N) is 3. The van der Waals surface area contributed by atoms with E-state index in [1.807, 2.05) is 21.9 Å². The van der Waals surface area contributed by atoms with Crippen LogP contribution >= 0.6 is 0 Å². The Labute approximate surface area is 184 Å². The van der Waals surface area contributed by atoms with Crippen LogP contribution in [0.4, 0.5) is 0 Å². The number of rotatable bonds is 11. The van der Waals surface area contributed by atoms with Gasteiger partial charge in [0.25, 0.3) is 0 Å². The molecule has 2 amide bonds. The highest BCUT2D eigenvalue weighted by atomic mass is 16.5. The lowest BCUT2D eigenvalue weighted by molar-refractivity contribution is -0.132. The molecule has 172 valence electrons. The minimum Gasteiger partial charge on any atom is -0.462 e. The van der Waals surface area contributed by atoms with Crippen molar-refractivity contribution in [3.8, 4) is 0 Å². The molecule has 0 bridgehead atoms.